The molecule has 4 aromatic rings. The third kappa shape index (κ3) is 2.73. The van der Waals surface area contributed by atoms with E-state index in [2.05, 4.69) is 91.0 Å². The van der Waals surface area contributed by atoms with Crippen LogP contribution in [0.4, 0.5) is 0 Å². The predicted octanol–water partition coefficient (Wildman–Crippen LogP) is 5.66. The van der Waals surface area contributed by atoms with Gasteiger partial charge in [0.1, 0.15) is 5.65 Å². The first kappa shape index (κ1) is 17.4. The lowest BCUT2D eigenvalue weighted by Gasteiger charge is -2.23. The Labute approximate surface area is 166 Å². The maximum absolute atomic E-state index is 4.95. The van der Waals surface area contributed by atoms with Gasteiger partial charge in [-0.2, -0.15) is 0 Å². The van der Waals surface area contributed by atoms with Gasteiger partial charge in [-0.15, -0.1) is 0 Å². The quantitative estimate of drug-likeness (QED) is 0.464. The highest BCUT2D eigenvalue weighted by Gasteiger charge is 2.31. The van der Waals surface area contributed by atoms with Gasteiger partial charge in [0.25, 0.3) is 0 Å². The fourth-order valence-electron chi connectivity index (χ4n) is 5.02. The largest absolute Gasteiger partial charge is 0.306 e. The highest BCUT2D eigenvalue weighted by Crippen LogP contribution is 2.43. The van der Waals surface area contributed by atoms with E-state index in [1.54, 1.807) is 0 Å². The van der Waals surface area contributed by atoms with Crippen molar-refractivity contribution < 1.29 is 0 Å². The van der Waals surface area contributed by atoms with Crippen molar-refractivity contribution in [3.8, 4) is 11.1 Å². The minimum Gasteiger partial charge on any atom is -0.306 e. The van der Waals surface area contributed by atoms with Crippen LogP contribution in [0.5, 0.6) is 0 Å². The van der Waals surface area contributed by atoms with E-state index in [1.165, 1.54) is 47.2 Å². The van der Waals surface area contributed by atoms with Crippen LogP contribution < -0.4 is 0 Å². The number of rotatable bonds is 3. The van der Waals surface area contributed by atoms with Crippen molar-refractivity contribution in [2.24, 2.45) is 0 Å². The van der Waals surface area contributed by atoms with Crippen molar-refractivity contribution in [1.82, 2.24) is 14.3 Å². The summed E-state index contributed by atoms with van der Waals surface area (Å²) in [5, 5.41) is 0. The topological polar surface area (TPSA) is 20.5 Å². The first-order valence-corrected chi connectivity index (χ1v) is 10.3. The fraction of sp³-hybridized carbons (Fsp3) is 0.320. The molecule has 0 N–H and O–H groups in total. The first-order chi connectivity index (χ1) is 13.6. The van der Waals surface area contributed by atoms with Crippen LogP contribution in [0.2, 0.25) is 0 Å². The van der Waals surface area contributed by atoms with E-state index < -0.39 is 0 Å². The Kier molecular flexibility index (Phi) is 4.21. The van der Waals surface area contributed by atoms with E-state index in [1.807, 2.05) is 0 Å². The van der Waals surface area contributed by atoms with E-state index in [-0.39, 0.29) is 0 Å². The molecule has 1 aliphatic carbocycles. The molecule has 2 aromatic carbocycles. The van der Waals surface area contributed by atoms with E-state index in [4.69, 9.17) is 4.98 Å². The fourth-order valence-corrected chi connectivity index (χ4v) is 5.02. The minimum atomic E-state index is 0.544. The average molecular weight is 370 g/mol. The van der Waals surface area contributed by atoms with Crippen LogP contribution in [0, 0.1) is 6.92 Å². The molecule has 3 heteroatoms. The summed E-state index contributed by atoms with van der Waals surface area (Å²) in [5.41, 5.74) is 8.83. The Bertz CT molecular complexity index is 1140. The lowest BCUT2D eigenvalue weighted by Crippen LogP contribution is -2.24. The Morgan fingerprint density at radius 1 is 0.964 bits per heavy atom. The van der Waals surface area contributed by atoms with Gasteiger partial charge in [-0.25, -0.2) is 4.98 Å². The van der Waals surface area contributed by atoms with Crippen molar-refractivity contribution in [1.29, 1.82) is 0 Å². The molecule has 1 aliphatic rings. The molecule has 0 saturated heterocycles. The molecule has 28 heavy (non-hydrogen) atoms. The van der Waals surface area contributed by atoms with Crippen LogP contribution in [0.25, 0.3) is 27.8 Å². The third-order valence-electron chi connectivity index (χ3n) is 6.41. The van der Waals surface area contributed by atoms with Crippen molar-refractivity contribution in [3.05, 3.63) is 71.9 Å². The van der Waals surface area contributed by atoms with Crippen LogP contribution in [-0.2, 0) is 0 Å². The smallest absolute Gasteiger partial charge is 0.138 e. The highest BCUT2D eigenvalue weighted by molar-refractivity contribution is 5.84. The van der Waals surface area contributed by atoms with Gasteiger partial charge in [-0.3, -0.25) is 4.40 Å². The SMILES string of the molecule is Cc1cc2nc3ccccc3n2c(C2CCC(N(C)C)C2)c1-c1ccccc1. The molecule has 0 aliphatic heterocycles. The summed E-state index contributed by atoms with van der Waals surface area (Å²) in [6, 6.07) is 22.3. The van der Waals surface area contributed by atoms with Gasteiger partial charge >= 0.3 is 0 Å². The Balaban J connectivity index is 1.83. The van der Waals surface area contributed by atoms with Gasteiger partial charge in [0.15, 0.2) is 0 Å². The number of fused-ring (bicyclic) bond motifs is 3. The summed E-state index contributed by atoms with van der Waals surface area (Å²) in [7, 11) is 4.42. The molecule has 0 bridgehead atoms. The number of imidazole rings is 1. The number of hydrogen-bond acceptors (Lipinski definition) is 2. The van der Waals surface area contributed by atoms with Crippen LogP contribution in [0.1, 0.15) is 36.4 Å². The maximum atomic E-state index is 4.95. The van der Waals surface area contributed by atoms with Gasteiger partial charge in [-0.1, -0.05) is 42.5 Å². The highest BCUT2D eigenvalue weighted by atomic mass is 15.1. The van der Waals surface area contributed by atoms with E-state index in [0.29, 0.717) is 12.0 Å². The molecule has 2 aromatic heterocycles. The number of aryl methyl sites for hydroxylation is 1. The second-order valence-corrected chi connectivity index (χ2v) is 8.38. The number of nitrogens with zero attached hydrogens (tertiary/aromatic N) is 3. The normalized spacial score (nSPS) is 19.9. The molecule has 1 fully saturated rings. The molecule has 1 saturated carbocycles. The van der Waals surface area contributed by atoms with Gasteiger partial charge in [0, 0.05) is 23.2 Å². The third-order valence-corrected chi connectivity index (χ3v) is 6.41. The van der Waals surface area contributed by atoms with Crippen molar-refractivity contribution in [2.45, 2.75) is 38.1 Å². The zero-order valence-electron chi connectivity index (χ0n) is 16.9. The number of hydrogen-bond donors (Lipinski definition) is 0. The summed E-state index contributed by atoms with van der Waals surface area (Å²) >= 11 is 0. The van der Waals surface area contributed by atoms with Crippen LogP contribution in [0.15, 0.2) is 60.7 Å². The number of aromatic nitrogens is 2. The monoisotopic (exact) mass is 369 g/mol. The Hall–Kier alpha value is -2.65. The van der Waals surface area contributed by atoms with Gasteiger partial charge in [0.05, 0.1) is 11.0 Å². The predicted molar refractivity (Wildman–Crippen MR) is 117 cm³/mol. The van der Waals surface area contributed by atoms with Crippen molar-refractivity contribution in [2.75, 3.05) is 14.1 Å². The average Bonchev–Trinajstić information content (AvgIpc) is 3.32. The molecular formula is C25H27N3. The molecule has 5 rings (SSSR count). The second-order valence-electron chi connectivity index (χ2n) is 8.38. The van der Waals surface area contributed by atoms with Gasteiger partial charge in [-0.05, 0) is 69.6 Å². The summed E-state index contributed by atoms with van der Waals surface area (Å²) < 4.78 is 2.44. The number of para-hydroxylation sites is 2. The van der Waals surface area contributed by atoms with E-state index in [0.717, 1.165) is 11.2 Å². The zero-order chi connectivity index (χ0) is 19.3. The number of pyridine rings is 1. The van der Waals surface area contributed by atoms with E-state index in [9.17, 15) is 0 Å². The molecule has 3 nitrogen and oxygen atoms in total. The van der Waals surface area contributed by atoms with Crippen LogP contribution in [0.3, 0.4) is 0 Å². The lowest BCUT2D eigenvalue weighted by molar-refractivity contribution is 0.296. The molecule has 2 unspecified atom stereocenters. The Morgan fingerprint density at radius 3 is 2.46 bits per heavy atom. The summed E-state index contributed by atoms with van der Waals surface area (Å²) in [4.78, 5) is 7.34. The summed E-state index contributed by atoms with van der Waals surface area (Å²) in [6.07, 6.45) is 3.69. The van der Waals surface area contributed by atoms with Gasteiger partial charge < -0.3 is 4.90 Å². The maximum Gasteiger partial charge on any atom is 0.138 e. The molecule has 142 valence electrons. The number of benzene rings is 2. The standard InChI is InChI=1S/C25H27N3/c1-17-15-23-26-21-11-7-8-12-22(21)28(23)25(19-13-14-20(16-19)27(2)3)24(17)18-9-5-4-6-10-18/h4-12,15,19-20H,13-14,16H2,1-3H3. The molecule has 0 amide bonds. The minimum absolute atomic E-state index is 0.544. The molecule has 2 heterocycles. The van der Waals surface area contributed by atoms with Crippen LogP contribution in [-0.4, -0.2) is 34.4 Å². The molecule has 0 radical (unpaired) electrons. The molecule has 0 spiro atoms. The molecular weight excluding hydrogens is 342 g/mol. The summed E-state index contributed by atoms with van der Waals surface area (Å²) in [5.74, 6) is 0.544. The van der Waals surface area contributed by atoms with Gasteiger partial charge in [0.2, 0.25) is 0 Å². The lowest BCUT2D eigenvalue weighted by atomic mass is 9.90. The first-order valence-electron chi connectivity index (χ1n) is 10.3. The second kappa shape index (κ2) is 6.75. The van der Waals surface area contributed by atoms with Crippen LogP contribution >= 0.6 is 0 Å². The summed E-state index contributed by atoms with van der Waals surface area (Å²) in [6.45, 7) is 2.24. The van der Waals surface area contributed by atoms with Crippen molar-refractivity contribution in [3.63, 3.8) is 0 Å². The Morgan fingerprint density at radius 2 is 1.71 bits per heavy atom. The van der Waals surface area contributed by atoms with Crippen molar-refractivity contribution >= 4 is 16.7 Å². The molecule has 2 atom stereocenters. The van der Waals surface area contributed by atoms with E-state index >= 15 is 0 Å². The zero-order valence-corrected chi connectivity index (χ0v) is 16.9.